The molecular formula is C17H22N6. The van der Waals surface area contributed by atoms with Gasteiger partial charge < -0.3 is 4.90 Å². The number of hydrogen-bond acceptors (Lipinski definition) is 4. The molecule has 4 heterocycles. The van der Waals surface area contributed by atoms with Crippen molar-refractivity contribution in [2.75, 3.05) is 18.0 Å². The first-order chi connectivity index (χ1) is 11.0. The highest BCUT2D eigenvalue weighted by Gasteiger charge is 2.32. The minimum Gasteiger partial charge on any atom is -0.352 e. The van der Waals surface area contributed by atoms with Crippen molar-refractivity contribution >= 4 is 11.5 Å². The van der Waals surface area contributed by atoms with Crippen LogP contribution in [0.2, 0.25) is 0 Å². The zero-order valence-corrected chi connectivity index (χ0v) is 14.1. The topological polar surface area (TPSA) is 51.2 Å². The molecule has 0 N–H and O–H groups in total. The lowest BCUT2D eigenvalue weighted by molar-refractivity contribution is 0.357. The molecular weight excluding hydrogens is 288 g/mol. The third-order valence-electron chi connectivity index (χ3n) is 4.53. The molecule has 0 aromatic carbocycles. The van der Waals surface area contributed by atoms with Gasteiger partial charge in [0, 0.05) is 36.6 Å². The van der Waals surface area contributed by atoms with E-state index in [4.69, 9.17) is 0 Å². The first kappa shape index (κ1) is 14.2. The Labute approximate surface area is 135 Å². The average Bonchev–Trinajstić information content (AvgIpc) is 3.03. The highest BCUT2D eigenvalue weighted by atomic mass is 15.4. The molecule has 1 saturated heterocycles. The van der Waals surface area contributed by atoms with Crippen LogP contribution in [0.15, 0.2) is 24.4 Å². The van der Waals surface area contributed by atoms with Crippen molar-refractivity contribution in [1.29, 1.82) is 0 Å². The van der Waals surface area contributed by atoms with Gasteiger partial charge in [0.15, 0.2) is 5.65 Å². The van der Waals surface area contributed by atoms with E-state index in [-0.39, 0.29) is 0 Å². The van der Waals surface area contributed by atoms with Crippen molar-refractivity contribution in [3.8, 4) is 0 Å². The van der Waals surface area contributed by atoms with Crippen LogP contribution in [-0.4, -0.2) is 37.5 Å². The standard InChI is InChI=1S/C17H22N6/c1-11(2)15-8-17(23-16(19-15)5-6-18-23)21-9-14(10-21)22-13(4)7-12(3)20-22/h5-8,11,14H,9-10H2,1-4H3. The van der Waals surface area contributed by atoms with Gasteiger partial charge in [-0.1, -0.05) is 13.8 Å². The Morgan fingerprint density at radius 3 is 2.61 bits per heavy atom. The molecule has 0 saturated carbocycles. The second-order valence-electron chi connectivity index (χ2n) is 6.73. The Morgan fingerprint density at radius 2 is 1.96 bits per heavy atom. The van der Waals surface area contributed by atoms with Gasteiger partial charge in [-0.25, -0.2) is 4.98 Å². The second kappa shape index (κ2) is 5.08. The Hall–Kier alpha value is -2.37. The molecule has 0 spiro atoms. The summed E-state index contributed by atoms with van der Waals surface area (Å²) in [6, 6.07) is 6.71. The summed E-state index contributed by atoms with van der Waals surface area (Å²) < 4.78 is 4.08. The third-order valence-corrected chi connectivity index (χ3v) is 4.53. The van der Waals surface area contributed by atoms with E-state index in [0.717, 1.165) is 35.9 Å². The zero-order valence-electron chi connectivity index (χ0n) is 14.1. The van der Waals surface area contributed by atoms with E-state index < -0.39 is 0 Å². The van der Waals surface area contributed by atoms with E-state index in [2.05, 4.69) is 57.7 Å². The normalized spacial score (nSPS) is 15.6. The lowest BCUT2D eigenvalue weighted by Gasteiger charge is -2.41. The van der Waals surface area contributed by atoms with E-state index in [0.29, 0.717) is 12.0 Å². The van der Waals surface area contributed by atoms with Crippen LogP contribution >= 0.6 is 0 Å². The predicted octanol–water partition coefficient (Wildman–Crippen LogP) is 2.73. The second-order valence-corrected chi connectivity index (χ2v) is 6.73. The Kier molecular flexibility index (Phi) is 3.14. The summed E-state index contributed by atoms with van der Waals surface area (Å²) in [5, 5.41) is 9.05. The third kappa shape index (κ3) is 2.29. The van der Waals surface area contributed by atoms with Crippen molar-refractivity contribution in [3.63, 3.8) is 0 Å². The van der Waals surface area contributed by atoms with Crippen LogP contribution < -0.4 is 4.90 Å². The van der Waals surface area contributed by atoms with Gasteiger partial charge in [0.25, 0.3) is 0 Å². The van der Waals surface area contributed by atoms with Crippen molar-refractivity contribution < 1.29 is 0 Å². The molecule has 120 valence electrons. The quantitative estimate of drug-likeness (QED) is 0.746. The molecule has 0 radical (unpaired) electrons. The van der Waals surface area contributed by atoms with Crippen LogP contribution in [0.4, 0.5) is 5.82 Å². The Balaban J connectivity index is 1.64. The highest BCUT2D eigenvalue weighted by Crippen LogP contribution is 2.30. The van der Waals surface area contributed by atoms with Gasteiger partial charge in [-0.3, -0.25) is 4.68 Å². The highest BCUT2D eigenvalue weighted by molar-refractivity contribution is 5.53. The lowest BCUT2D eigenvalue weighted by atomic mass is 10.1. The molecule has 0 unspecified atom stereocenters. The number of aromatic nitrogens is 5. The summed E-state index contributed by atoms with van der Waals surface area (Å²) in [6.45, 7) is 10.4. The molecule has 0 aliphatic carbocycles. The molecule has 4 rings (SSSR count). The number of rotatable bonds is 3. The number of aryl methyl sites for hydroxylation is 2. The van der Waals surface area contributed by atoms with Gasteiger partial charge in [0.1, 0.15) is 5.82 Å². The monoisotopic (exact) mass is 310 g/mol. The van der Waals surface area contributed by atoms with E-state index in [9.17, 15) is 0 Å². The fraction of sp³-hybridized carbons (Fsp3) is 0.471. The first-order valence-corrected chi connectivity index (χ1v) is 8.15. The molecule has 1 aliphatic heterocycles. The van der Waals surface area contributed by atoms with Gasteiger partial charge >= 0.3 is 0 Å². The maximum atomic E-state index is 4.69. The van der Waals surface area contributed by atoms with Crippen molar-refractivity contribution in [2.45, 2.75) is 39.7 Å². The summed E-state index contributed by atoms with van der Waals surface area (Å²) in [5.41, 5.74) is 4.35. The molecule has 0 atom stereocenters. The molecule has 0 bridgehead atoms. The maximum absolute atomic E-state index is 4.69. The molecule has 23 heavy (non-hydrogen) atoms. The van der Waals surface area contributed by atoms with Crippen molar-refractivity contribution in [1.82, 2.24) is 24.4 Å². The van der Waals surface area contributed by atoms with Crippen LogP contribution in [0.3, 0.4) is 0 Å². The van der Waals surface area contributed by atoms with E-state index >= 15 is 0 Å². The van der Waals surface area contributed by atoms with Crippen LogP contribution in [0.1, 0.15) is 42.9 Å². The van der Waals surface area contributed by atoms with Gasteiger partial charge in [-0.15, -0.1) is 0 Å². The number of nitrogens with zero attached hydrogens (tertiary/aromatic N) is 6. The molecule has 6 nitrogen and oxygen atoms in total. The molecule has 3 aromatic rings. The molecule has 0 amide bonds. The average molecular weight is 310 g/mol. The predicted molar refractivity (Wildman–Crippen MR) is 90.0 cm³/mol. The largest absolute Gasteiger partial charge is 0.352 e. The lowest BCUT2D eigenvalue weighted by Crippen LogP contribution is -2.49. The first-order valence-electron chi connectivity index (χ1n) is 8.15. The summed E-state index contributed by atoms with van der Waals surface area (Å²) >= 11 is 0. The summed E-state index contributed by atoms with van der Waals surface area (Å²) in [6.07, 6.45) is 1.81. The van der Waals surface area contributed by atoms with Crippen LogP contribution in [-0.2, 0) is 0 Å². The SMILES string of the molecule is Cc1cc(C)n(C2CN(c3cc(C(C)C)nc4ccnn34)C2)n1. The van der Waals surface area contributed by atoms with Crippen molar-refractivity contribution in [2.24, 2.45) is 0 Å². The minimum atomic E-state index is 0.404. The van der Waals surface area contributed by atoms with Gasteiger partial charge in [0.2, 0.25) is 0 Å². The number of anilines is 1. The number of fused-ring (bicyclic) bond motifs is 1. The molecule has 1 aliphatic rings. The maximum Gasteiger partial charge on any atom is 0.157 e. The van der Waals surface area contributed by atoms with Crippen LogP contribution in [0.5, 0.6) is 0 Å². The zero-order chi connectivity index (χ0) is 16.1. The number of hydrogen-bond donors (Lipinski definition) is 0. The van der Waals surface area contributed by atoms with Gasteiger partial charge in [0.05, 0.1) is 17.9 Å². The Bertz CT molecular complexity index is 853. The minimum absolute atomic E-state index is 0.404. The fourth-order valence-corrected chi connectivity index (χ4v) is 3.25. The van der Waals surface area contributed by atoms with E-state index in [1.807, 2.05) is 23.7 Å². The Morgan fingerprint density at radius 1 is 1.17 bits per heavy atom. The van der Waals surface area contributed by atoms with Crippen LogP contribution in [0.25, 0.3) is 5.65 Å². The van der Waals surface area contributed by atoms with E-state index in [1.54, 1.807) is 0 Å². The molecule has 1 fully saturated rings. The van der Waals surface area contributed by atoms with E-state index in [1.165, 1.54) is 5.69 Å². The smallest absolute Gasteiger partial charge is 0.157 e. The van der Waals surface area contributed by atoms with Gasteiger partial charge in [-0.2, -0.15) is 14.7 Å². The fourth-order valence-electron chi connectivity index (χ4n) is 3.25. The summed E-state index contributed by atoms with van der Waals surface area (Å²) in [5.74, 6) is 1.53. The molecule has 3 aromatic heterocycles. The van der Waals surface area contributed by atoms with Gasteiger partial charge in [-0.05, 0) is 25.8 Å². The summed E-state index contributed by atoms with van der Waals surface area (Å²) in [4.78, 5) is 7.04. The summed E-state index contributed by atoms with van der Waals surface area (Å²) in [7, 11) is 0. The van der Waals surface area contributed by atoms with Crippen molar-refractivity contribution in [3.05, 3.63) is 41.5 Å². The van der Waals surface area contributed by atoms with Crippen LogP contribution in [0, 0.1) is 13.8 Å². The molecule has 6 heteroatoms.